The lowest BCUT2D eigenvalue weighted by molar-refractivity contribution is -0.143. The number of rotatable bonds is 5. The highest BCUT2D eigenvalue weighted by molar-refractivity contribution is 6.30. The largest absolute Gasteiger partial charge is 0.468 e. The number of ether oxygens (including phenoxy) is 1. The van der Waals surface area contributed by atoms with Crippen molar-refractivity contribution in [2.24, 2.45) is 0 Å². The van der Waals surface area contributed by atoms with Gasteiger partial charge in [0.15, 0.2) is 0 Å². The number of nitrogens with zero attached hydrogens (tertiary/aromatic N) is 1. The molecule has 0 heterocycles. The molecular formula is C17H14ClFN2O2. The Morgan fingerprint density at radius 1 is 1.39 bits per heavy atom. The number of hydrogen-bond acceptors (Lipinski definition) is 4. The fraction of sp³-hybridized carbons (Fsp3) is 0.176. The van der Waals surface area contributed by atoms with Gasteiger partial charge in [-0.05, 0) is 35.4 Å². The summed E-state index contributed by atoms with van der Waals surface area (Å²) in [7, 11) is 1.29. The van der Waals surface area contributed by atoms with Gasteiger partial charge in [-0.15, -0.1) is 0 Å². The van der Waals surface area contributed by atoms with Crippen molar-refractivity contribution in [2.45, 2.75) is 12.6 Å². The number of benzene rings is 2. The normalized spacial score (nSPS) is 11.6. The fourth-order valence-electron chi connectivity index (χ4n) is 2.11. The molecule has 0 saturated heterocycles. The Kier molecular flexibility index (Phi) is 5.69. The predicted molar refractivity (Wildman–Crippen MR) is 84.2 cm³/mol. The molecule has 118 valence electrons. The van der Waals surface area contributed by atoms with Crippen LogP contribution in [-0.4, -0.2) is 13.1 Å². The maximum Gasteiger partial charge on any atom is 0.327 e. The number of nitriles is 1. The molecule has 0 amide bonds. The quantitative estimate of drug-likeness (QED) is 0.853. The maximum atomic E-state index is 13.2. The molecule has 6 heteroatoms. The molecule has 0 bridgehead atoms. The number of halogens is 2. The molecule has 0 aliphatic carbocycles. The molecule has 2 rings (SSSR count). The number of nitrogens with one attached hydrogen (secondary N) is 1. The van der Waals surface area contributed by atoms with Crippen molar-refractivity contribution in [3.63, 3.8) is 0 Å². The average Bonchev–Trinajstić information content (AvgIpc) is 2.58. The molecule has 0 aliphatic rings. The van der Waals surface area contributed by atoms with E-state index in [4.69, 9.17) is 21.6 Å². The van der Waals surface area contributed by atoms with Crippen molar-refractivity contribution < 1.29 is 13.9 Å². The van der Waals surface area contributed by atoms with Crippen molar-refractivity contribution in [3.05, 3.63) is 70.0 Å². The number of carbonyl (C=O) groups excluding carboxylic acids is 1. The molecule has 23 heavy (non-hydrogen) atoms. The third kappa shape index (κ3) is 4.28. The monoisotopic (exact) mass is 332 g/mol. The zero-order chi connectivity index (χ0) is 16.8. The van der Waals surface area contributed by atoms with E-state index < -0.39 is 17.8 Å². The lowest BCUT2D eigenvalue weighted by Gasteiger charge is -2.17. The van der Waals surface area contributed by atoms with Crippen LogP contribution in [0.4, 0.5) is 4.39 Å². The summed E-state index contributed by atoms with van der Waals surface area (Å²) in [6, 6.07) is 12.3. The van der Waals surface area contributed by atoms with Crippen LogP contribution in [0.1, 0.15) is 22.7 Å². The minimum absolute atomic E-state index is 0.0189. The molecule has 2 aromatic rings. The van der Waals surface area contributed by atoms with Crippen LogP contribution in [-0.2, 0) is 16.1 Å². The summed E-state index contributed by atoms with van der Waals surface area (Å²) < 4.78 is 18.0. The van der Waals surface area contributed by atoms with Gasteiger partial charge in [0.2, 0.25) is 0 Å². The minimum atomic E-state index is -0.739. The van der Waals surface area contributed by atoms with Gasteiger partial charge in [0.1, 0.15) is 11.9 Å². The third-order valence-electron chi connectivity index (χ3n) is 3.28. The summed E-state index contributed by atoms with van der Waals surface area (Å²) in [6.07, 6.45) is 0. The average molecular weight is 333 g/mol. The second-order valence-electron chi connectivity index (χ2n) is 4.82. The molecule has 0 unspecified atom stereocenters. The molecule has 4 nitrogen and oxygen atoms in total. The Hall–Kier alpha value is -2.42. The van der Waals surface area contributed by atoms with Gasteiger partial charge in [-0.1, -0.05) is 29.8 Å². The first kappa shape index (κ1) is 16.9. The smallest absolute Gasteiger partial charge is 0.327 e. The summed E-state index contributed by atoms with van der Waals surface area (Å²) in [5.41, 5.74) is 1.79. The summed E-state index contributed by atoms with van der Waals surface area (Å²) in [6.45, 7) is 0.288. The van der Waals surface area contributed by atoms with E-state index in [1.807, 2.05) is 6.07 Å². The van der Waals surface area contributed by atoms with Gasteiger partial charge in [0, 0.05) is 6.54 Å². The molecule has 0 aromatic heterocycles. The van der Waals surface area contributed by atoms with Crippen LogP contribution in [0, 0.1) is 17.1 Å². The van der Waals surface area contributed by atoms with E-state index in [-0.39, 0.29) is 11.6 Å². The van der Waals surface area contributed by atoms with E-state index in [9.17, 15) is 9.18 Å². The van der Waals surface area contributed by atoms with Crippen LogP contribution in [0.5, 0.6) is 0 Å². The number of esters is 1. The molecule has 0 saturated carbocycles. The third-order valence-corrected chi connectivity index (χ3v) is 3.57. The van der Waals surface area contributed by atoms with Gasteiger partial charge in [0.25, 0.3) is 0 Å². The van der Waals surface area contributed by atoms with Crippen molar-refractivity contribution in [2.75, 3.05) is 7.11 Å². The first-order valence-corrected chi connectivity index (χ1v) is 7.18. The van der Waals surface area contributed by atoms with E-state index >= 15 is 0 Å². The first-order chi connectivity index (χ1) is 11.0. The van der Waals surface area contributed by atoms with Crippen LogP contribution in [0.25, 0.3) is 0 Å². The minimum Gasteiger partial charge on any atom is -0.468 e. The highest BCUT2D eigenvalue weighted by Gasteiger charge is 2.21. The van der Waals surface area contributed by atoms with E-state index in [0.717, 1.165) is 5.56 Å². The second-order valence-corrected chi connectivity index (χ2v) is 5.23. The first-order valence-electron chi connectivity index (χ1n) is 6.80. The van der Waals surface area contributed by atoms with Crippen LogP contribution >= 0.6 is 11.6 Å². The van der Waals surface area contributed by atoms with Gasteiger partial charge < -0.3 is 4.74 Å². The molecular weight excluding hydrogens is 319 g/mol. The number of methoxy groups -OCH3 is 1. The molecule has 2 aromatic carbocycles. The zero-order valence-corrected chi connectivity index (χ0v) is 13.1. The van der Waals surface area contributed by atoms with Crippen molar-refractivity contribution in [1.29, 1.82) is 5.26 Å². The van der Waals surface area contributed by atoms with Gasteiger partial charge in [-0.2, -0.15) is 5.26 Å². The lowest BCUT2D eigenvalue weighted by Crippen LogP contribution is -2.29. The van der Waals surface area contributed by atoms with E-state index in [1.165, 1.54) is 19.2 Å². The Labute approximate surface area is 138 Å². The highest BCUT2D eigenvalue weighted by Crippen LogP contribution is 2.19. The lowest BCUT2D eigenvalue weighted by atomic mass is 10.0. The van der Waals surface area contributed by atoms with Gasteiger partial charge in [-0.25, -0.2) is 9.18 Å². The van der Waals surface area contributed by atoms with Gasteiger partial charge >= 0.3 is 5.97 Å². The summed E-state index contributed by atoms with van der Waals surface area (Å²) in [5.74, 6) is -0.977. The van der Waals surface area contributed by atoms with Crippen molar-refractivity contribution >= 4 is 17.6 Å². The van der Waals surface area contributed by atoms with Crippen molar-refractivity contribution in [3.8, 4) is 6.07 Å². The van der Waals surface area contributed by atoms with Crippen LogP contribution in [0.15, 0.2) is 42.5 Å². The maximum absolute atomic E-state index is 13.2. The second kappa shape index (κ2) is 7.73. The summed E-state index contributed by atoms with van der Waals surface area (Å²) in [5, 5.41) is 12.0. The molecule has 1 atom stereocenters. The molecule has 0 spiro atoms. The fourth-order valence-corrected chi connectivity index (χ4v) is 2.32. The summed E-state index contributed by atoms with van der Waals surface area (Å²) >= 11 is 5.75. The molecule has 0 fully saturated rings. The van der Waals surface area contributed by atoms with Crippen LogP contribution < -0.4 is 5.32 Å². The number of hydrogen-bond donors (Lipinski definition) is 1. The van der Waals surface area contributed by atoms with Gasteiger partial charge in [0.05, 0.1) is 23.8 Å². The summed E-state index contributed by atoms with van der Waals surface area (Å²) in [4.78, 5) is 12.0. The van der Waals surface area contributed by atoms with Crippen LogP contribution in [0.3, 0.4) is 0 Å². The van der Waals surface area contributed by atoms with Gasteiger partial charge in [-0.3, -0.25) is 5.32 Å². The standard InChI is InChI=1S/C17H14ClFN2O2/c1-23-17(22)16(13-4-2-3-11(7-13)9-20)21-10-12-5-6-15(19)14(18)8-12/h2-8,16,21H,10H2,1H3/t16-/m0/s1. The molecule has 0 radical (unpaired) electrons. The highest BCUT2D eigenvalue weighted by atomic mass is 35.5. The van der Waals surface area contributed by atoms with Crippen LogP contribution in [0.2, 0.25) is 5.02 Å². The Balaban J connectivity index is 2.20. The van der Waals surface area contributed by atoms with E-state index in [1.54, 1.807) is 30.3 Å². The number of carbonyl (C=O) groups is 1. The van der Waals surface area contributed by atoms with Crippen molar-refractivity contribution in [1.82, 2.24) is 5.32 Å². The molecule has 1 N–H and O–H groups in total. The topological polar surface area (TPSA) is 62.1 Å². The Morgan fingerprint density at radius 3 is 2.83 bits per heavy atom. The predicted octanol–water partition coefficient (Wildman–Crippen LogP) is 3.35. The SMILES string of the molecule is COC(=O)[C@@H](NCc1ccc(F)c(Cl)c1)c1cccc(C#N)c1. The van der Waals surface area contributed by atoms with E-state index in [0.29, 0.717) is 11.1 Å². The Bertz CT molecular complexity index is 758. The zero-order valence-electron chi connectivity index (χ0n) is 12.3. The van der Waals surface area contributed by atoms with E-state index in [2.05, 4.69) is 5.32 Å². The molecule has 0 aliphatic heterocycles. The Morgan fingerprint density at radius 2 is 2.17 bits per heavy atom.